The lowest BCUT2D eigenvalue weighted by atomic mass is 9.78. The average molecular weight is 456 g/mol. The lowest BCUT2D eigenvalue weighted by molar-refractivity contribution is -0.143. The molecule has 2 rings (SSSR count). The summed E-state index contributed by atoms with van der Waals surface area (Å²) < 4.78 is 11.3. The SMILES string of the molecule is CCCOC(=O)C1=C(C)N(C(C)C)C(C)=C(C(=O)OC(C)C)C1c1ccc(C(C)(C)C)cc1. The van der Waals surface area contributed by atoms with Gasteiger partial charge < -0.3 is 14.4 Å². The fraction of sp³-hybridized carbons (Fsp3) is 0.571. The first-order chi connectivity index (χ1) is 15.3. The number of nitrogens with zero attached hydrogens (tertiary/aromatic N) is 1. The summed E-state index contributed by atoms with van der Waals surface area (Å²) in [5.41, 5.74) is 4.69. The number of ether oxygens (including phenoxy) is 2. The minimum Gasteiger partial charge on any atom is -0.462 e. The van der Waals surface area contributed by atoms with Gasteiger partial charge in [-0.25, -0.2) is 9.59 Å². The molecule has 0 radical (unpaired) electrons. The van der Waals surface area contributed by atoms with Crippen LogP contribution >= 0.6 is 0 Å². The lowest BCUT2D eigenvalue weighted by Gasteiger charge is -2.40. The Morgan fingerprint density at radius 2 is 1.45 bits per heavy atom. The summed E-state index contributed by atoms with van der Waals surface area (Å²) in [6.07, 6.45) is 0.463. The van der Waals surface area contributed by atoms with E-state index in [1.807, 2.05) is 65.5 Å². The standard InChI is InChI=1S/C28H41NO4/c1-11-16-32-26(30)23-19(6)29(17(2)3)20(7)24(27(31)33-18(4)5)25(23)21-12-14-22(15-13-21)28(8,9)10/h12-15,17-18,25H,11,16H2,1-10H3. The van der Waals surface area contributed by atoms with Gasteiger partial charge >= 0.3 is 11.9 Å². The van der Waals surface area contributed by atoms with Gasteiger partial charge in [-0.2, -0.15) is 0 Å². The van der Waals surface area contributed by atoms with Gasteiger partial charge in [-0.15, -0.1) is 0 Å². The first-order valence-corrected chi connectivity index (χ1v) is 12.0. The number of carbonyl (C=O) groups is 2. The van der Waals surface area contributed by atoms with Gasteiger partial charge in [0.2, 0.25) is 0 Å². The second-order valence-corrected chi connectivity index (χ2v) is 10.4. The predicted molar refractivity (Wildman–Crippen MR) is 133 cm³/mol. The van der Waals surface area contributed by atoms with Crippen molar-refractivity contribution in [2.45, 2.75) is 99.1 Å². The Morgan fingerprint density at radius 3 is 1.88 bits per heavy atom. The molecule has 5 nitrogen and oxygen atoms in total. The minimum absolute atomic E-state index is 0.000656. The summed E-state index contributed by atoms with van der Waals surface area (Å²) in [5.74, 6) is -1.33. The first kappa shape index (κ1) is 26.7. The van der Waals surface area contributed by atoms with Crippen LogP contribution in [0.4, 0.5) is 0 Å². The quantitative estimate of drug-likeness (QED) is 0.455. The van der Waals surface area contributed by atoms with Gasteiger partial charge in [0.15, 0.2) is 0 Å². The lowest BCUT2D eigenvalue weighted by Crippen LogP contribution is -2.39. The molecule has 1 aromatic rings. The van der Waals surface area contributed by atoms with Crippen LogP contribution in [0.3, 0.4) is 0 Å². The third-order valence-electron chi connectivity index (χ3n) is 5.93. The molecule has 1 aliphatic heterocycles. The van der Waals surface area contributed by atoms with Crippen molar-refractivity contribution in [2.75, 3.05) is 6.61 Å². The van der Waals surface area contributed by atoms with Crippen LogP contribution in [0.2, 0.25) is 0 Å². The molecule has 0 bridgehead atoms. The van der Waals surface area contributed by atoms with Crippen LogP contribution in [0.1, 0.15) is 92.7 Å². The topological polar surface area (TPSA) is 55.8 Å². The molecule has 1 aromatic carbocycles. The molecule has 5 heteroatoms. The van der Waals surface area contributed by atoms with Crippen molar-refractivity contribution in [1.29, 1.82) is 0 Å². The van der Waals surface area contributed by atoms with E-state index in [4.69, 9.17) is 9.47 Å². The van der Waals surface area contributed by atoms with Gasteiger partial charge in [-0.05, 0) is 64.5 Å². The zero-order valence-corrected chi connectivity index (χ0v) is 22.0. The van der Waals surface area contributed by atoms with Crippen molar-refractivity contribution < 1.29 is 19.1 Å². The van der Waals surface area contributed by atoms with Crippen LogP contribution in [0.5, 0.6) is 0 Å². The number of benzene rings is 1. The molecule has 0 fully saturated rings. The Labute approximate surface area is 199 Å². The normalized spacial score (nSPS) is 17.2. The van der Waals surface area contributed by atoms with Gasteiger partial charge in [0.25, 0.3) is 0 Å². The monoisotopic (exact) mass is 455 g/mol. The van der Waals surface area contributed by atoms with E-state index in [0.717, 1.165) is 23.4 Å². The van der Waals surface area contributed by atoms with Gasteiger partial charge in [0.1, 0.15) is 0 Å². The zero-order chi connectivity index (χ0) is 25.1. The fourth-order valence-corrected chi connectivity index (χ4v) is 4.44. The van der Waals surface area contributed by atoms with E-state index in [9.17, 15) is 9.59 Å². The molecule has 0 aliphatic carbocycles. The third kappa shape index (κ3) is 5.87. The maximum atomic E-state index is 13.4. The summed E-state index contributed by atoms with van der Waals surface area (Å²) in [4.78, 5) is 28.8. The van der Waals surface area contributed by atoms with Crippen molar-refractivity contribution in [3.8, 4) is 0 Å². The smallest absolute Gasteiger partial charge is 0.337 e. The van der Waals surface area contributed by atoms with Crippen molar-refractivity contribution in [1.82, 2.24) is 4.90 Å². The molecule has 1 heterocycles. The van der Waals surface area contributed by atoms with Crippen LogP contribution in [0.15, 0.2) is 46.8 Å². The Kier molecular flexibility index (Phi) is 8.56. The maximum absolute atomic E-state index is 13.4. The summed E-state index contributed by atoms with van der Waals surface area (Å²) in [6.45, 7) is 20.4. The molecule has 182 valence electrons. The number of esters is 2. The summed E-state index contributed by atoms with van der Waals surface area (Å²) in [7, 11) is 0. The summed E-state index contributed by atoms with van der Waals surface area (Å²) in [6, 6.07) is 8.26. The second-order valence-electron chi connectivity index (χ2n) is 10.4. The van der Waals surface area contributed by atoms with E-state index >= 15 is 0 Å². The number of rotatable bonds is 7. The van der Waals surface area contributed by atoms with E-state index in [0.29, 0.717) is 17.8 Å². The van der Waals surface area contributed by atoms with Crippen LogP contribution in [-0.2, 0) is 24.5 Å². The van der Waals surface area contributed by atoms with Crippen molar-refractivity contribution in [3.05, 3.63) is 57.9 Å². The molecule has 0 saturated heterocycles. The Balaban J connectivity index is 2.77. The van der Waals surface area contributed by atoms with Crippen LogP contribution in [0, 0.1) is 0 Å². The fourth-order valence-electron chi connectivity index (χ4n) is 4.44. The van der Waals surface area contributed by atoms with Gasteiger partial charge in [0, 0.05) is 17.4 Å². The van der Waals surface area contributed by atoms with E-state index < -0.39 is 11.9 Å². The van der Waals surface area contributed by atoms with E-state index in [1.54, 1.807) is 0 Å². The van der Waals surface area contributed by atoms with Crippen LogP contribution in [-0.4, -0.2) is 35.6 Å². The number of hydrogen-bond acceptors (Lipinski definition) is 5. The predicted octanol–water partition coefficient (Wildman–Crippen LogP) is 6.24. The Morgan fingerprint density at radius 1 is 0.939 bits per heavy atom. The van der Waals surface area contributed by atoms with E-state index in [1.165, 1.54) is 5.56 Å². The highest BCUT2D eigenvalue weighted by Crippen LogP contribution is 2.44. The minimum atomic E-state index is -0.551. The third-order valence-corrected chi connectivity index (χ3v) is 5.93. The summed E-state index contributed by atoms with van der Waals surface area (Å²) in [5, 5.41) is 0. The van der Waals surface area contributed by atoms with Gasteiger partial charge in [0.05, 0.1) is 29.8 Å². The maximum Gasteiger partial charge on any atom is 0.337 e. The molecule has 1 aliphatic rings. The zero-order valence-electron chi connectivity index (χ0n) is 22.0. The Hall–Kier alpha value is -2.56. The molecule has 0 aromatic heterocycles. The molecule has 0 N–H and O–H groups in total. The van der Waals surface area contributed by atoms with Crippen LogP contribution < -0.4 is 0 Å². The molecular weight excluding hydrogens is 414 g/mol. The average Bonchev–Trinajstić information content (AvgIpc) is 2.70. The molecule has 1 unspecified atom stereocenters. The highest BCUT2D eigenvalue weighted by Gasteiger charge is 2.41. The molecule has 33 heavy (non-hydrogen) atoms. The molecular formula is C28H41NO4. The molecule has 0 spiro atoms. The van der Waals surface area contributed by atoms with Crippen molar-refractivity contribution >= 4 is 11.9 Å². The largest absolute Gasteiger partial charge is 0.462 e. The van der Waals surface area contributed by atoms with Gasteiger partial charge in [-0.1, -0.05) is 52.0 Å². The molecule has 0 saturated carbocycles. The van der Waals surface area contributed by atoms with E-state index in [-0.39, 0.29) is 23.5 Å². The highest BCUT2D eigenvalue weighted by atomic mass is 16.5. The molecule has 1 atom stereocenters. The number of carbonyl (C=O) groups excluding carboxylic acids is 2. The molecule has 0 amide bonds. The van der Waals surface area contributed by atoms with Crippen molar-refractivity contribution in [3.63, 3.8) is 0 Å². The highest BCUT2D eigenvalue weighted by molar-refractivity contribution is 6.00. The summed E-state index contributed by atoms with van der Waals surface area (Å²) >= 11 is 0. The van der Waals surface area contributed by atoms with Gasteiger partial charge in [-0.3, -0.25) is 0 Å². The van der Waals surface area contributed by atoms with E-state index in [2.05, 4.69) is 32.9 Å². The number of hydrogen-bond donors (Lipinski definition) is 0. The first-order valence-electron chi connectivity index (χ1n) is 12.0. The second kappa shape index (κ2) is 10.6. The number of allylic oxidation sites excluding steroid dienone is 2. The van der Waals surface area contributed by atoms with Crippen LogP contribution in [0.25, 0.3) is 0 Å². The van der Waals surface area contributed by atoms with Crippen molar-refractivity contribution in [2.24, 2.45) is 0 Å². The Bertz CT molecular complexity index is 930.